The van der Waals surface area contributed by atoms with Gasteiger partial charge in [0.25, 0.3) is 0 Å². The van der Waals surface area contributed by atoms with Crippen LogP contribution < -0.4 is 0 Å². The molecular weight excluding hydrogens is 488 g/mol. The Hall–Kier alpha value is -1.90. The summed E-state index contributed by atoms with van der Waals surface area (Å²) < 4.78 is 0. The third-order valence-corrected chi connectivity index (χ3v) is 11.6. The number of Topliss-reactive ketones (excluding diaryl/α,β-unsaturated/α-hetero) is 3. The first-order chi connectivity index (χ1) is 17.2. The number of carbonyl (C=O) groups is 4. The van der Waals surface area contributed by atoms with Crippen LogP contribution in [0.4, 0.5) is 0 Å². The van der Waals surface area contributed by atoms with E-state index in [-0.39, 0.29) is 43.2 Å². The first-order valence-electron chi connectivity index (χ1n) is 13.9. The minimum absolute atomic E-state index is 0.00657. The summed E-state index contributed by atoms with van der Waals surface area (Å²) in [5.41, 5.74) is -3.99. The van der Waals surface area contributed by atoms with Crippen LogP contribution in [0.1, 0.15) is 93.4 Å². The summed E-state index contributed by atoms with van der Waals surface area (Å²) in [7, 11) is 0. The van der Waals surface area contributed by atoms with Gasteiger partial charge in [0.2, 0.25) is 0 Å². The molecule has 2 fully saturated rings. The van der Waals surface area contributed by atoms with E-state index in [0.717, 1.165) is 0 Å². The third kappa shape index (κ3) is 3.80. The van der Waals surface area contributed by atoms with Crippen molar-refractivity contribution in [3.05, 3.63) is 11.1 Å². The van der Waals surface area contributed by atoms with E-state index in [0.29, 0.717) is 30.4 Å². The highest BCUT2D eigenvalue weighted by Gasteiger charge is 2.71. The number of carboxylic acids is 1. The molecule has 4 aliphatic carbocycles. The van der Waals surface area contributed by atoms with E-state index >= 15 is 0 Å². The maximum atomic E-state index is 14.1. The number of aliphatic hydroxyl groups is 3. The number of carboxylic acid groups (broad SMARTS) is 1. The quantitative estimate of drug-likeness (QED) is 0.407. The molecule has 4 N–H and O–H groups in total. The Morgan fingerprint density at radius 2 is 1.71 bits per heavy atom. The minimum Gasteiger partial charge on any atom is -0.481 e. The lowest BCUT2D eigenvalue weighted by molar-refractivity contribution is -0.148. The van der Waals surface area contributed by atoms with Crippen molar-refractivity contribution in [3.8, 4) is 0 Å². The lowest BCUT2D eigenvalue weighted by Gasteiger charge is -2.62. The third-order valence-electron chi connectivity index (χ3n) is 11.6. The van der Waals surface area contributed by atoms with E-state index in [9.17, 15) is 39.6 Å². The number of aliphatic carboxylic acids is 1. The fourth-order valence-electron chi connectivity index (χ4n) is 9.16. The molecule has 0 aromatic rings. The van der Waals surface area contributed by atoms with Gasteiger partial charge >= 0.3 is 5.97 Å². The van der Waals surface area contributed by atoms with Crippen molar-refractivity contribution in [1.29, 1.82) is 0 Å². The lowest BCUT2D eigenvalue weighted by atomic mass is 9.42. The summed E-state index contributed by atoms with van der Waals surface area (Å²) in [6, 6.07) is 0. The molecule has 0 radical (unpaired) electrons. The van der Waals surface area contributed by atoms with Gasteiger partial charge in [-0.15, -0.1) is 0 Å². The molecule has 0 aliphatic heterocycles. The molecular formula is C30H44O8. The topological polar surface area (TPSA) is 149 Å². The zero-order chi connectivity index (χ0) is 28.8. The SMILES string of the molecule is C[C@H](CC(=O)CC(C)(O)[C@@H]1CC(=O)[C@@]2(C)C3=C(C(=O)C[C@]12C)[C@@]1(C)CC[C@H](O)C(C)(C)[C@@H]1C[C@@H]3O)C(=O)O. The number of allylic oxidation sites excluding steroid dienone is 1. The van der Waals surface area contributed by atoms with Crippen LogP contribution in [0.15, 0.2) is 11.1 Å². The molecule has 4 aliphatic rings. The van der Waals surface area contributed by atoms with Gasteiger partial charge in [-0.2, -0.15) is 0 Å². The number of ketones is 3. The molecule has 4 rings (SSSR count). The number of hydrogen-bond donors (Lipinski definition) is 4. The fourth-order valence-corrected chi connectivity index (χ4v) is 9.16. The number of aliphatic hydroxyl groups excluding tert-OH is 2. The van der Waals surface area contributed by atoms with Crippen LogP contribution >= 0.6 is 0 Å². The van der Waals surface area contributed by atoms with Crippen molar-refractivity contribution in [2.75, 3.05) is 0 Å². The molecule has 0 heterocycles. The molecule has 1 unspecified atom stereocenters. The summed E-state index contributed by atoms with van der Waals surface area (Å²) in [5, 5.41) is 43.2. The van der Waals surface area contributed by atoms with Crippen LogP contribution in [-0.2, 0) is 19.2 Å². The Morgan fingerprint density at radius 1 is 1.11 bits per heavy atom. The zero-order valence-electron chi connectivity index (χ0n) is 23.8. The van der Waals surface area contributed by atoms with Crippen molar-refractivity contribution in [2.24, 2.45) is 39.4 Å². The monoisotopic (exact) mass is 532 g/mol. The molecule has 8 heteroatoms. The molecule has 9 atom stereocenters. The Morgan fingerprint density at radius 3 is 2.29 bits per heavy atom. The average molecular weight is 533 g/mol. The molecule has 0 bridgehead atoms. The highest BCUT2D eigenvalue weighted by atomic mass is 16.4. The summed E-state index contributed by atoms with van der Waals surface area (Å²) in [4.78, 5) is 52.0. The lowest BCUT2D eigenvalue weighted by Crippen LogP contribution is -2.61. The van der Waals surface area contributed by atoms with Crippen LogP contribution in [-0.4, -0.2) is 61.6 Å². The first-order valence-corrected chi connectivity index (χ1v) is 13.9. The second-order valence-corrected chi connectivity index (χ2v) is 14.2. The highest BCUT2D eigenvalue weighted by Crippen LogP contribution is 2.71. The average Bonchev–Trinajstić information content (AvgIpc) is 2.99. The largest absolute Gasteiger partial charge is 0.481 e. The van der Waals surface area contributed by atoms with Gasteiger partial charge < -0.3 is 20.4 Å². The van der Waals surface area contributed by atoms with E-state index in [4.69, 9.17) is 0 Å². The van der Waals surface area contributed by atoms with Crippen LogP contribution in [0.25, 0.3) is 0 Å². The second-order valence-electron chi connectivity index (χ2n) is 14.2. The Balaban J connectivity index is 1.78. The van der Waals surface area contributed by atoms with Gasteiger partial charge in [-0.1, -0.05) is 34.6 Å². The highest BCUT2D eigenvalue weighted by molar-refractivity contribution is 6.05. The van der Waals surface area contributed by atoms with Gasteiger partial charge in [-0.25, -0.2) is 0 Å². The molecule has 0 aromatic heterocycles. The van der Waals surface area contributed by atoms with Crippen molar-refractivity contribution in [2.45, 2.75) is 111 Å². The van der Waals surface area contributed by atoms with Crippen LogP contribution in [0.2, 0.25) is 0 Å². The number of carbonyl (C=O) groups excluding carboxylic acids is 3. The first kappa shape index (κ1) is 29.1. The Bertz CT molecular complexity index is 1120. The molecule has 0 aromatic carbocycles. The van der Waals surface area contributed by atoms with Gasteiger partial charge in [0.15, 0.2) is 5.78 Å². The molecule has 2 saturated carbocycles. The van der Waals surface area contributed by atoms with Crippen molar-refractivity contribution in [1.82, 2.24) is 0 Å². The standard InChI is InChI=1S/C30H44O8/c1-15(25(36)37)10-16(31)13-29(6,38)20-12-22(35)30(7)24-17(32)11-19-26(2,3)21(34)8-9-27(19,4)23(24)18(33)14-28(20,30)5/h15,17,19-21,32,34,38H,8-14H2,1-7H3,(H,36,37)/t15-,17+,19+,20-,21+,27+,28-,29?,30+/m1/s1. The smallest absolute Gasteiger partial charge is 0.306 e. The van der Waals surface area contributed by atoms with E-state index in [1.54, 1.807) is 6.92 Å². The Kier molecular flexibility index (Phi) is 6.74. The van der Waals surface area contributed by atoms with Gasteiger partial charge in [0, 0.05) is 37.2 Å². The number of hydrogen-bond acceptors (Lipinski definition) is 7. The molecule has 38 heavy (non-hydrogen) atoms. The predicted octanol–water partition coefficient (Wildman–Crippen LogP) is 3.25. The van der Waals surface area contributed by atoms with Gasteiger partial charge in [-0.3, -0.25) is 19.2 Å². The van der Waals surface area contributed by atoms with Crippen molar-refractivity contribution >= 4 is 23.3 Å². The molecule has 212 valence electrons. The summed E-state index contributed by atoms with van der Waals surface area (Å²) in [5.74, 6) is -3.56. The predicted molar refractivity (Wildman–Crippen MR) is 139 cm³/mol. The van der Waals surface area contributed by atoms with E-state index in [1.165, 1.54) is 13.8 Å². The van der Waals surface area contributed by atoms with Crippen LogP contribution in [0.3, 0.4) is 0 Å². The van der Waals surface area contributed by atoms with Gasteiger partial charge in [-0.05, 0) is 60.8 Å². The Labute approximate surface area is 224 Å². The van der Waals surface area contributed by atoms with E-state index < -0.39 is 63.1 Å². The molecule has 0 saturated heterocycles. The van der Waals surface area contributed by atoms with E-state index in [1.807, 2.05) is 27.7 Å². The fraction of sp³-hybridized carbons (Fsp3) is 0.800. The van der Waals surface area contributed by atoms with Crippen molar-refractivity contribution in [3.63, 3.8) is 0 Å². The maximum Gasteiger partial charge on any atom is 0.306 e. The molecule has 0 spiro atoms. The van der Waals surface area contributed by atoms with Crippen LogP contribution in [0, 0.1) is 39.4 Å². The van der Waals surface area contributed by atoms with E-state index in [2.05, 4.69) is 0 Å². The normalized spacial score (nSPS) is 42.6. The van der Waals surface area contributed by atoms with Crippen molar-refractivity contribution < 1.29 is 39.6 Å². The summed E-state index contributed by atoms with van der Waals surface area (Å²) >= 11 is 0. The second kappa shape index (κ2) is 8.80. The summed E-state index contributed by atoms with van der Waals surface area (Å²) in [6.07, 6.45) is -0.727. The van der Waals surface area contributed by atoms with Gasteiger partial charge in [0.05, 0.1) is 29.1 Å². The van der Waals surface area contributed by atoms with Crippen LogP contribution in [0.5, 0.6) is 0 Å². The molecule has 8 nitrogen and oxygen atoms in total. The number of fused-ring (bicyclic) bond motifs is 4. The maximum absolute atomic E-state index is 14.1. The molecule has 0 amide bonds. The zero-order valence-corrected chi connectivity index (χ0v) is 23.8. The van der Waals surface area contributed by atoms with Gasteiger partial charge in [0.1, 0.15) is 11.6 Å². The summed E-state index contributed by atoms with van der Waals surface area (Å²) in [6.45, 7) is 12.5. The minimum atomic E-state index is -1.64. The number of rotatable bonds is 6.